The molecule has 0 fully saturated rings. The molecule has 1 unspecified atom stereocenters. The van der Waals surface area contributed by atoms with Crippen molar-refractivity contribution in [2.75, 3.05) is 6.54 Å². The van der Waals surface area contributed by atoms with E-state index in [-0.39, 0.29) is 6.10 Å². The van der Waals surface area contributed by atoms with Crippen molar-refractivity contribution in [3.05, 3.63) is 42.0 Å². The fraction of sp³-hybridized carbons (Fsp3) is 0.500. The number of aryl methyl sites for hydroxylation is 1. The van der Waals surface area contributed by atoms with Crippen LogP contribution >= 0.6 is 0 Å². The highest BCUT2D eigenvalue weighted by molar-refractivity contribution is 5.41. The first-order chi connectivity index (χ1) is 8.54. The molecule has 0 aliphatic carbocycles. The number of rotatable bonds is 7. The van der Waals surface area contributed by atoms with E-state index in [2.05, 4.69) is 50.9 Å². The number of ether oxygens (including phenoxy) is 1. The van der Waals surface area contributed by atoms with Gasteiger partial charge in [-0.2, -0.15) is 0 Å². The Kier molecular flexibility index (Phi) is 5.93. The SMILES string of the molecule is C=CC(C)Oc1c(C)cccc1CNCC(C)C. The standard InChI is InChI=1S/C16H25NO/c1-6-14(5)18-16-13(4)8-7-9-15(16)11-17-10-12(2)3/h6-9,12,14,17H,1,10-11H2,2-5H3. The van der Waals surface area contributed by atoms with E-state index < -0.39 is 0 Å². The second kappa shape index (κ2) is 7.22. The summed E-state index contributed by atoms with van der Waals surface area (Å²) < 4.78 is 5.92. The minimum Gasteiger partial charge on any atom is -0.486 e. The first-order valence-electron chi connectivity index (χ1n) is 6.63. The Morgan fingerprint density at radius 1 is 1.33 bits per heavy atom. The number of para-hydroxylation sites is 1. The van der Waals surface area contributed by atoms with Gasteiger partial charge in [-0.05, 0) is 31.9 Å². The summed E-state index contributed by atoms with van der Waals surface area (Å²) >= 11 is 0. The molecule has 0 spiro atoms. The van der Waals surface area contributed by atoms with E-state index in [0.717, 1.165) is 18.8 Å². The monoisotopic (exact) mass is 247 g/mol. The second-order valence-corrected chi connectivity index (χ2v) is 5.15. The molecule has 0 aromatic heterocycles. The molecule has 2 nitrogen and oxygen atoms in total. The molecule has 100 valence electrons. The third-order valence-electron chi connectivity index (χ3n) is 2.80. The van der Waals surface area contributed by atoms with E-state index in [4.69, 9.17) is 4.74 Å². The van der Waals surface area contributed by atoms with Crippen molar-refractivity contribution in [2.45, 2.75) is 40.3 Å². The average molecular weight is 247 g/mol. The lowest BCUT2D eigenvalue weighted by Crippen LogP contribution is -2.20. The van der Waals surface area contributed by atoms with Crippen LogP contribution < -0.4 is 10.1 Å². The number of benzene rings is 1. The highest BCUT2D eigenvalue weighted by Crippen LogP contribution is 2.24. The summed E-state index contributed by atoms with van der Waals surface area (Å²) in [5, 5.41) is 3.45. The molecule has 18 heavy (non-hydrogen) atoms. The Morgan fingerprint density at radius 3 is 2.67 bits per heavy atom. The summed E-state index contributed by atoms with van der Waals surface area (Å²) in [5.41, 5.74) is 2.39. The third kappa shape index (κ3) is 4.53. The Labute approximate surface area is 111 Å². The minimum atomic E-state index is 0.0370. The van der Waals surface area contributed by atoms with Crippen molar-refractivity contribution in [1.29, 1.82) is 0 Å². The molecule has 2 heteroatoms. The van der Waals surface area contributed by atoms with E-state index in [1.54, 1.807) is 0 Å². The fourth-order valence-electron chi connectivity index (χ4n) is 1.75. The summed E-state index contributed by atoms with van der Waals surface area (Å²) in [7, 11) is 0. The molecule has 1 rings (SSSR count). The largest absolute Gasteiger partial charge is 0.486 e. The van der Waals surface area contributed by atoms with Crippen molar-refractivity contribution in [3.63, 3.8) is 0 Å². The molecule has 1 aromatic rings. The van der Waals surface area contributed by atoms with Crippen molar-refractivity contribution < 1.29 is 4.74 Å². The summed E-state index contributed by atoms with van der Waals surface area (Å²) in [6.07, 6.45) is 1.85. The van der Waals surface area contributed by atoms with Crippen LogP contribution in [-0.4, -0.2) is 12.6 Å². The molecule has 1 aromatic carbocycles. The normalized spacial score (nSPS) is 12.5. The zero-order valence-corrected chi connectivity index (χ0v) is 12.0. The van der Waals surface area contributed by atoms with Crippen LogP contribution in [0.25, 0.3) is 0 Å². The summed E-state index contributed by atoms with van der Waals surface area (Å²) in [5.74, 6) is 1.65. The molecule has 1 atom stereocenters. The van der Waals surface area contributed by atoms with Crippen LogP contribution in [0.5, 0.6) is 5.75 Å². The molecule has 0 saturated carbocycles. The van der Waals surface area contributed by atoms with Gasteiger partial charge in [0.2, 0.25) is 0 Å². The van der Waals surface area contributed by atoms with Gasteiger partial charge in [0, 0.05) is 12.1 Å². The van der Waals surface area contributed by atoms with E-state index in [9.17, 15) is 0 Å². The van der Waals surface area contributed by atoms with Crippen molar-refractivity contribution in [1.82, 2.24) is 5.32 Å². The summed E-state index contributed by atoms with van der Waals surface area (Å²) in [6, 6.07) is 6.27. The Balaban J connectivity index is 2.76. The predicted octanol–water partition coefficient (Wildman–Crippen LogP) is 3.69. The quantitative estimate of drug-likeness (QED) is 0.742. The molecular formula is C16H25NO. The fourth-order valence-corrected chi connectivity index (χ4v) is 1.75. The van der Waals surface area contributed by atoms with Crippen LogP contribution in [0.1, 0.15) is 31.9 Å². The number of hydrogen-bond donors (Lipinski definition) is 1. The van der Waals surface area contributed by atoms with E-state index in [1.807, 2.05) is 13.0 Å². The zero-order chi connectivity index (χ0) is 13.5. The molecule has 0 aliphatic rings. The maximum atomic E-state index is 5.92. The lowest BCUT2D eigenvalue weighted by molar-refractivity contribution is 0.265. The van der Waals surface area contributed by atoms with Gasteiger partial charge in [-0.15, -0.1) is 0 Å². The average Bonchev–Trinajstić information content (AvgIpc) is 2.32. The van der Waals surface area contributed by atoms with Gasteiger partial charge in [0.05, 0.1) is 0 Å². The molecule has 0 amide bonds. The number of hydrogen-bond acceptors (Lipinski definition) is 2. The van der Waals surface area contributed by atoms with Crippen LogP contribution in [0.4, 0.5) is 0 Å². The molecular weight excluding hydrogens is 222 g/mol. The molecule has 0 aliphatic heterocycles. The molecule has 0 saturated heterocycles. The maximum Gasteiger partial charge on any atom is 0.127 e. The van der Waals surface area contributed by atoms with Gasteiger partial charge >= 0.3 is 0 Å². The van der Waals surface area contributed by atoms with E-state index >= 15 is 0 Å². The molecule has 1 N–H and O–H groups in total. The number of nitrogens with one attached hydrogen (secondary N) is 1. The van der Waals surface area contributed by atoms with Crippen LogP contribution in [0.15, 0.2) is 30.9 Å². The zero-order valence-electron chi connectivity index (χ0n) is 12.0. The molecule has 0 bridgehead atoms. The van der Waals surface area contributed by atoms with Gasteiger partial charge in [-0.1, -0.05) is 44.7 Å². The van der Waals surface area contributed by atoms with Gasteiger partial charge in [0.15, 0.2) is 0 Å². The topological polar surface area (TPSA) is 21.3 Å². The van der Waals surface area contributed by atoms with Gasteiger partial charge in [-0.25, -0.2) is 0 Å². The highest BCUT2D eigenvalue weighted by Gasteiger charge is 2.09. The first kappa shape index (κ1) is 14.8. The molecule has 0 radical (unpaired) electrons. The second-order valence-electron chi connectivity index (χ2n) is 5.15. The highest BCUT2D eigenvalue weighted by atomic mass is 16.5. The summed E-state index contributed by atoms with van der Waals surface area (Å²) in [6.45, 7) is 14.1. The lowest BCUT2D eigenvalue weighted by Gasteiger charge is -2.18. The maximum absolute atomic E-state index is 5.92. The van der Waals surface area contributed by atoms with Crippen molar-refractivity contribution in [3.8, 4) is 5.75 Å². The van der Waals surface area contributed by atoms with Gasteiger partial charge < -0.3 is 10.1 Å². The van der Waals surface area contributed by atoms with Crippen molar-refractivity contribution in [2.24, 2.45) is 5.92 Å². The minimum absolute atomic E-state index is 0.0370. The van der Waals surface area contributed by atoms with E-state index in [1.165, 1.54) is 11.1 Å². The van der Waals surface area contributed by atoms with Crippen LogP contribution in [0, 0.1) is 12.8 Å². The molecule has 0 heterocycles. The van der Waals surface area contributed by atoms with Crippen LogP contribution in [-0.2, 0) is 6.54 Å². The Hall–Kier alpha value is -1.28. The van der Waals surface area contributed by atoms with Gasteiger partial charge in [0.1, 0.15) is 11.9 Å². The summed E-state index contributed by atoms with van der Waals surface area (Å²) in [4.78, 5) is 0. The van der Waals surface area contributed by atoms with Crippen LogP contribution in [0.2, 0.25) is 0 Å². The van der Waals surface area contributed by atoms with Crippen LogP contribution in [0.3, 0.4) is 0 Å². The van der Waals surface area contributed by atoms with Gasteiger partial charge in [0.25, 0.3) is 0 Å². The first-order valence-corrected chi connectivity index (χ1v) is 6.63. The Bertz CT molecular complexity index is 385. The van der Waals surface area contributed by atoms with Crippen molar-refractivity contribution >= 4 is 0 Å². The smallest absolute Gasteiger partial charge is 0.127 e. The predicted molar refractivity (Wildman–Crippen MR) is 78.0 cm³/mol. The lowest BCUT2D eigenvalue weighted by atomic mass is 10.1. The van der Waals surface area contributed by atoms with E-state index in [0.29, 0.717) is 5.92 Å². The van der Waals surface area contributed by atoms with Gasteiger partial charge in [-0.3, -0.25) is 0 Å². The Morgan fingerprint density at radius 2 is 2.06 bits per heavy atom. The third-order valence-corrected chi connectivity index (χ3v) is 2.80.